The van der Waals surface area contributed by atoms with Crippen LogP contribution in [0.5, 0.6) is 11.5 Å². The van der Waals surface area contributed by atoms with Crippen LogP contribution >= 0.6 is 11.6 Å². The molecule has 0 radical (unpaired) electrons. The minimum atomic E-state index is -0.211. The second-order valence-corrected chi connectivity index (χ2v) is 8.73. The van der Waals surface area contributed by atoms with Crippen LogP contribution in [0.15, 0.2) is 73.1 Å². The lowest BCUT2D eigenvalue weighted by molar-refractivity contribution is 0.102. The van der Waals surface area contributed by atoms with Gasteiger partial charge in [-0.3, -0.25) is 4.79 Å². The molecular weight excluding hydrogens is 462 g/mol. The second-order valence-electron chi connectivity index (χ2n) is 8.35. The van der Waals surface area contributed by atoms with Crippen LogP contribution in [0.4, 0.5) is 5.69 Å². The lowest BCUT2D eigenvalue weighted by Gasteiger charge is -2.10. The molecule has 0 aliphatic rings. The highest BCUT2D eigenvalue weighted by atomic mass is 35.5. The van der Waals surface area contributed by atoms with Gasteiger partial charge >= 0.3 is 0 Å². The number of amides is 1. The molecule has 0 saturated carbocycles. The average molecular weight is 490 g/mol. The summed E-state index contributed by atoms with van der Waals surface area (Å²) in [7, 11) is 0. The van der Waals surface area contributed by atoms with Crippen molar-refractivity contribution < 1.29 is 14.3 Å². The van der Waals surface area contributed by atoms with Gasteiger partial charge in [0.1, 0.15) is 18.1 Å². The highest BCUT2D eigenvalue weighted by molar-refractivity contribution is 6.32. The predicted molar refractivity (Wildman–Crippen MR) is 138 cm³/mol. The first-order valence-corrected chi connectivity index (χ1v) is 11.8. The van der Waals surface area contributed by atoms with Crippen molar-refractivity contribution in [3.63, 3.8) is 0 Å². The van der Waals surface area contributed by atoms with E-state index in [1.165, 1.54) is 5.56 Å². The van der Waals surface area contributed by atoms with Gasteiger partial charge in [-0.05, 0) is 78.9 Å². The van der Waals surface area contributed by atoms with E-state index in [0.29, 0.717) is 17.9 Å². The highest BCUT2D eigenvalue weighted by Crippen LogP contribution is 2.26. The van der Waals surface area contributed by atoms with Gasteiger partial charge in [0.15, 0.2) is 6.73 Å². The molecule has 6 nitrogen and oxygen atoms in total. The number of carbonyl (C=O) groups excluding carboxylic acids is 1. The normalized spacial score (nSPS) is 10.7. The van der Waals surface area contributed by atoms with Crippen LogP contribution in [-0.2, 0) is 19.8 Å². The van der Waals surface area contributed by atoms with Crippen LogP contribution in [0.3, 0.4) is 0 Å². The fourth-order valence-electron chi connectivity index (χ4n) is 3.57. The zero-order chi connectivity index (χ0) is 24.8. The molecule has 0 fully saturated rings. The minimum absolute atomic E-state index is 0.211. The Morgan fingerprint density at radius 2 is 1.60 bits per heavy atom. The first-order valence-electron chi connectivity index (χ1n) is 11.5. The molecule has 1 amide bonds. The topological polar surface area (TPSA) is 65.4 Å². The summed E-state index contributed by atoms with van der Waals surface area (Å²) in [5, 5.41) is 7.87. The third kappa shape index (κ3) is 6.43. The smallest absolute Gasteiger partial charge is 0.255 e. The molecule has 3 aromatic carbocycles. The van der Waals surface area contributed by atoms with Crippen molar-refractivity contribution in [3.05, 3.63) is 106 Å². The minimum Gasteiger partial charge on any atom is -0.489 e. The number of aryl methyl sites for hydroxylation is 3. The van der Waals surface area contributed by atoms with E-state index in [2.05, 4.69) is 17.3 Å². The number of rotatable bonds is 9. The third-order valence-corrected chi connectivity index (χ3v) is 6.21. The van der Waals surface area contributed by atoms with Crippen LogP contribution in [0, 0.1) is 13.8 Å². The fourth-order valence-corrected chi connectivity index (χ4v) is 3.68. The van der Waals surface area contributed by atoms with Crippen LogP contribution in [0.25, 0.3) is 0 Å². The van der Waals surface area contributed by atoms with Gasteiger partial charge in [-0.1, -0.05) is 42.8 Å². The number of aromatic nitrogens is 2. The number of nitrogens with one attached hydrogen (secondary N) is 1. The van der Waals surface area contributed by atoms with Gasteiger partial charge in [-0.15, -0.1) is 0 Å². The molecule has 0 aliphatic heterocycles. The van der Waals surface area contributed by atoms with E-state index in [9.17, 15) is 4.79 Å². The van der Waals surface area contributed by atoms with E-state index >= 15 is 0 Å². The lowest BCUT2D eigenvalue weighted by Crippen LogP contribution is -2.11. The predicted octanol–water partition coefficient (Wildman–Crippen LogP) is 6.58. The zero-order valence-electron chi connectivity index (χ0n) is 20.0. The Kier molecular flexibility index (Phi) is 7.73. The molecular formula is C28H28ClN3O3. The molecule has 1 aromatic heterocycles. The molecule has 35 heavy (non-hydrogen) atoms. The summed E-state index contributed by atoms with van der Waals surface area (Å²) >= 11 is 6.22. The molecule has 0 spiro atoms. The van der Waals surface area contributed by atoms with Crippen molar-refractivity contribution in [2.75, 3.05) is 5.32 Å². The number of benzene rings is 3. The Morgan fingerprint density at radius 3 is 2.26 bits per heavy atom. The van der Waals surface area contributed by atoms with Crippen molar-refractivity contribution >= 4 is 23.2 Å². The SMILES string of the molecule is CCc1ccc(OCn2cc(NC(=O)c3ccc(COc4cc(C)c(Cl)c(C)c4)cc3)cn2)cc1. The molecule has 1 heterocycles. The summed E-state index contributed by atoms with van der Waals surface area (Å²) in [6.07, 6.45) is 4.32. The standard InChI is InChI=1S/C28H28ClN3O3/c1-4-21-7-11-25(12-8-21)35-18-32-16-24(15-30-32)31-28(33)23-9-5-22(6-10-23)17-34-26-13-19(2)27(29)20(3)14-26/h5-16H,4,17-18H2,1-3H3,(H,31,33). The Morgan fingerprint density at radius 1 is 0.943 bits per heavy atom. The van der Waals surface area contributed by atoms with E-state index in [1.807, 2.05) is 62.4 Å². The molecule has 4 rings (SSSR count). The molecule has 0 atom stereocenters. The maximum Gasteiger partial charge on any atom is 0.255 e. The Balaban J connectivity index is 1.28. The molecule has 1 N–H and O–H groups in total. The van der Waals surface area contributed by atoms with Gasteiger partial charge in [-0.25, -0.2) is 4.68 Å². The van der Waals surface area contributed by atoms with Crippen LogP contribution < -0.4 is 14.8 Å². The summed E-state index contributed by atoms with van der Waals surface area (Å²) in [6.45, 7) is 6.68. The third-order valence-electron chi connectivity index (χ3n) is 5.62. The van der Waals surface area contributed by atoms with Gasteiger partial charge in [0.2, 0.25) is 0 Å². The molecule has 0 unspecified atom stereocenters. The van der Waals surface area contributed by atoms with E-state index in [-0.39, 0.29) is 12.6 Å². The van der Waals surface area contributed by atoms with E-state index in [0.717, 1.165) is 39.6 Å². The Bertz CT molecular complexity index is 1280. The number of halogens is 1. The monoisotopic (exact) mass is 489 g/mol. The molecule has 0 saturated heterocycles. The van der Waals surface area contributed by atoms with Gasteiger partial charge in [-0.2, -0.15) is 5.10 Å². The molecule has 0 bridgehead atoms. The largest absolute Gasteiger partial charge is 0.489 e. The zero-order valence-corrected chi connectivity index (χ0v) is 20.8. The summed E-state index contributed by atoms with van der Waals surface area (Å²) < 4.78 is 13.3. The van der Waals surface area contributed by atoms with Crippen molar-refractivity contribution in [2.45, 2.75) is 40.5 Å². The van der Waals surface area contributed by atoms with Gasteiger partial charge in [0, 0.05) is 10.6 Å². The first-order chi connectivity index (χ1) is 16.9. The summed E-state index contributed by atoms with van der Waals surface area (Å²) in [5.74, 6) is 1.33. The fraction of sp³-hybridized carbons (Fsp3) is 0.214. The first kappa shape index (κ1) is 24.4. The van der Waals surface area contributed by atoms with Crippen molar-refractivity contribution in [1.29, 1.82) is 0 Å². The number of hydrogen-bond acceptors (Lipinski definition) is 4. The van der Waals surface area contributed by atoms with Crippen LogP contribution in [-0.4, -0.2) is 15.7 Å². The maximum absolute atomic E-state index is 12.6. The molecule has 180 valence electrons. The average Bonchev–Trinajstić information content (AvgIpc) is 3.32. The summed E-state index contributed by atoms with van der Waals surface area (Å²) in [6, 6.07) is 19.1. The second kappa shape index (κ2) is 11.1. The number of anilines is 1. The highest BCUT2D eigenvalue weighted by Gasteiger charge is 2.09. The number of ether oxygens (including phenoxy) is 2. The van der Waals surface area contributed by atoms with E-state index < -0.39 is 0 Å². The van der Waals surface area contributed by atoms with Crippen molar-refractivity contribution in [2.24, 2.45) is 0 Å². The molecule has 4 aromatic rings. The van der Waals surface area contributed by atoms with Gasteiger partial charge in [0.05, 0.1) is 18.1 Å². The quantitative estimate of drug-likeness (QED) is 0.288. The Hall–Kier alpha value is -3.77. The number of nitrogens with zero attached hydrogens (tertiary/aromatic N) is 2. The molecule has 7 heteroatoms. The number of hydrogen-bond donors (Lipinski definition) is 1. The van der Waals surface area contributed by atoms with Gasteiger partial charge in [0.25, 0.3) is 5.91 Å². The summed E-state index contributed by atoms with van der Waals surface area (Å²) in [4.78, 5) is 12.6. The summed E-state index contributed by atoms with van der Waals surface area (Å²) in [5.41, 5.74) is 5.33. The van der Waals surface area contributed by atoms with Crippen LogP contribution in [0.2, 0.25) is 5.02 Å². The lowest BCUT2D eigenvalue weighted by atomic mass is 10.1. The van der Waals surface area contributed by atoms with E-state index in [1.54, 1.807) is 29.2 Å². The maximum atomic E-state index is 12.6. The molecule has 0 aliphatic carbocycles. The number of carbonyl (C=O) groups is 1. The van der Waals surface area contributed by atoms with Gasteiger partial charge < -0.3 is 14.8 Å². The van der Waals surface area contributed by atoms with Crippen molar-refractivity contribution in [1.82, 2.24) is 9.78 Å². The van der Waals surface area contributed by atoms with E-state index in [4.69, 9.17) is 21.1 Å². The van der Waals surface area contributed by atoms with Crippen molar-refractivity contribution in [3.8, 4) is 11.5 Å². The Labute approximate surface area is 210 Å². The van der Waals surface area contributed by atoms with Crippen LogP contribution in [0.1, 0.15) is 39.5 Å².